The molecule has 0 bridgehead atoms. The summed E-state index contributed by atoms with van der Waals surface area (Å²) in [7, 11) is 0. The van der Waals surface area contributed by atoms with Crippen molar-refractivity contribution in [3.63, 3.8) is 0 Å². The molecule has 0 unspecified atom stereocenters. The maximum Gasteiger partial charge on any atom is -0.000717 e. The summed E-state index contributed by atoms with van der Waals surface area (Å²) in [5.41, 5.74) is 21.4. The van der Waals surface area contributed by atoms with Crippen LogP contribution in [0.2, 0.25) is 0 Å². The Hall–Kier alpha value is -9.88. The summed E-state index contributed by atoms with van der Waals surface area (Å²) in [6.07, 6.45) is 0. The van der Waals surface area contributed by atoms with Gasteiger partial charge in [-0.2, -0.15) is 0 Å². The Balaban J connectivity index is 0.985. The number of benzene rings is 15. The Morgan fingerprint density at radius 2 is 0.490 bits per heavy atom. The van der Waals surface area contributed by atoms with Crippen molar-refractivity contribution in [2.45, 2.75) is 184 Å². The van der Waals surface area contributed by atoms with E-state index in [1.807, 2.05) is 0 Å². The minimum absolute atomic E-state index is 0.115. The standard InChI is InChI=1S/C104H96/c1-53(2)65-28-23-29-66(54(3)4)85(65)57-44-58-50-84-77-35-34-73-75-38-42-81-94-82(43-39-76(92(75)94)74-37-41-80(93(77)91(73)74)95(84)96-70-27-22-21-26-69(70)83(49-57)86(58)96)100-88(60-47-63(103(15,16)17)52-64(48-60)104(18,19)20)98-79-40-36-72(89-67(55(5)6)30-24-31-68(89)56(7)8)71-32-25-33-78(90(71)79)97(98)87(99(81)100)59-45-61(101(9,10)11)51-62(46-59)102(12,13)14/h21-56H,1-20H3. The zero-order valence-corrected chi connectivity index (χ0v) is 64.8. The van der Waals surface area contributed by atoms with Gasteiger partial charge in [-0.3, -0.25) is 0 Å². The molecule has 0 radical (unpaired) electrons. The summed E-state index contributed by atoms with van der Waals surface area (Å²) in [5.74, 6) is 1.48. The third-order valence-electron chi connectivity index (χ3n) is 25.0. The Kier molecular flexibility index (Phi) is 13.6. The van der Waals surface area contributed by atoms with Crippen LogP contribution >= 0.6 is 0 Å². The van der Waals surface area contributed by atoms with E-state index in [9.17, 15) is 0 Å². The predicted molar refractivity (Wildman–Crippen MR) is 460 cm³/mol. The van der Waals surface area contributed by atoms with Crippen LogP contribution in [0, 0.1) is 0 Å². The smallest absolute Gasteiger partial charge is 0.000717 e. The lowest BCUT2D eigenvalue weighted by Gasteiger charge is -2.28. The van der Waals surface area contributed by atoms with Gasteiger partial charge in [0, 0.05) is 0 Å². The topological polar surface area (TPSA) is 0 Å². The summed E-state index contributed by atoms with van der Waals surface area (Å²) in [6.45, 7) is 47.8. The Morgan fingerprint density at radius 1 is 0.192 bits per heavy atom. The van der Waals surface area contributed by atoms with Crippen molar-refractivity contribution in [2.75, 3.05) is 0 Å². The van der Waals surface area contributed by atoms with Crippen molar-refractivity contribution in [3.05, 3.63) is 239 Å². The highest BCUT2D eigenvalue weighted by Crippen LogP contribution is 2.61. The number of hydrogen-bond donors (Lipinski definition) is 0. The molecule has 0 fully saturated rings. The minimum Gasteiger partial charge on any atom is -0.0617 e. The van der Waals surface area contributed by atoms with Crippen LogP contribution in [0.5, 0.6) is 0 Å². The van der Waals surface area contributed by atoms with Gasteiger partial charge in [0.1, 0.15) is 0 Å². The molecule has 0 saturated carbocycles. The van der Waals surface area contributed by atoms with E-state index in [4.69, 9.17) is 0 Å². The lowest BCUT2D eigenvalue weighted by molar-refractivity contribution is 0.568. The van der Waals surface area contributed by atoms with Crippen molar-refractivity contribution in [2.24, 2.45) is 0 Å². The molecular formula is C104H96. The molecule has 0 aromatic heterocycles. The summed E-state index contributed by atoms with van der Waals surface area (Å²) in [4.78, 5) is 0. The van der Waals surface area contributed by atoms with E-state index >= 15 is 0 Å². The first kappa shape index (κ1) is 64.9. The zero-order chi connectivity index (χ0) is 72.3. The van der Waals surface area contributed by atoms with Crippen LogP contribution in [-0.4, -0.2) is 0 Å². The average Bonchev–Trinajstić information content (AvgIpc) is 1.50. The molecule has 0 aliphatic carbocycles. The fourth-order valence-electron chi connectivity index (χ4n) is 19.8. The van der Waals surface area contributed by atoms with Gasteiger partial charge in [-0.25, -0.2) is 0 Å². The molecule has 0 nitrogen and oxygen atoms in total. The number of hydrogen-bond acceptors (Lipinski definition) is 0. The summed E-state index contributed by atoms with van der Waals surface area (Å²) in [6, 6.07) is 79.2. The molecule has 0 atom stereocenters. The normalized spacial score (nSPS) is 13.5. The van der Waals surface area contributed by atoms with E-state index in [2.05, 4.69) is 333 Å². The third kappa shape index (κ3) is 8.96. The minimum atomic E-state index is -0.115. The SMILES string of the molecule is CC(C)c1cccc(C(C)C)c1-c1cc2cc3c4ccc5c6ccc7c8c(-c9cc(C(C)(C)C)cc(C(C)(C)C)c9)c9c%10cccc%11c(-c%12c(C(C)C)cccc%12C(C)C)ccc(c9c(-c9cc(C(C)(C)C)cc(C(C)(C)C)c9)c8c8ccc(c9ccc(c4c59)c3c3c4ccccc4c(c1)c23)c6c78)c%11%10. The first-order valence-corrected chi connectivity index (χ1v) is 38.8. The highest BCUT2D eigenvalue weighted by Gasteiger charge is 2.34. The van der Waals surface area contributed by atoms with Gasteiger partial charge in [0.25, 0.3) is 0 Å². The highest BCUT2D eigenvalue weighted by atomic mass is 14.4. The molecule has 0 heterocycles. The Labute approximate surface area is 613 Å². The van der Waals surface area contributed by atoms with Gasteiger partial charge in [-0.05, 0) is 303 Å². The van der Waals surface area contributed by atoms with Gasteiger partial charge in [-0.15, -0.1) is 0 Å². The molecule has 0 saturated heterocycles. The van der Waals surface area contributed by atoms with E-state index in [0.29, 0.717) is 23.7 Å². The maximum atomic E-state index is 2.60. The lowest BCUT2D eigenvalue weighted by atomic mass is 9.76. The molecule has 0 aliphatic heterocycles. The largest absolute Gasteiger partial charge is 0.0617 e. The van der Waals surface area contributed by atoms with E-state index in [0.717, 1.165) is 0 Å². The molecule has 0 N–H and O–H groups in total. The van der Waals surface area contributed by atoms with Crippen LogP contribution in [0.4, 0.5) is 0 Å². The van der Waals surface area contributed by atoms with Crippen molar-refractivity contribution < 1.29 is 0 Å². The predicted octanol–water partition coefficient (Wildman–Crippen LogP) is 31.4. The quantitative estimate of drug-likeness (QED) is 0.105. The lowest BCUT2D eigenvalue weighted by Crippen LogP contribution is -2.16. The molecule has 512 valence electrons. The van der Waals surface area contributed by atoms with E-state index in [-0.39, 0.29) is 21.7 Å². The summed E-state index contributed by atoms with van der Waals surface area (Å²) < 4.78 is 0. The summed E-state index contributed by atoms with van der Waals surface area (Å²) in [5, 5.41) is 37.8. The molecule has 0 aliphatic rings. The second-order valence-electron chi connectivity index (χ2n) is 37.0. The molecule has 19 rings (SSSR count). The van der Waals surface area contributed by atoms with Gasteiger partial charge in [0.2, 0.25) is 0 Å². The van der Waals surface area contributed by atoms with Crippen molar-refractivity contribution >= 4 is 151 Å². The van der Waals surface area contributed by atoms with Crippen LogP contribution in [0.25, 0.3) is 195 Å². The Bertz CT molecular complexity index is 6540. The molecule has 19 aromatic carbocycles. The van der Waals surface area contributed by atoms with Crippen LogP contribution in [0.3, 0.4) is 0 Å². The van der Waals surface area contributed by atoms with E-state index in [1.54, 1.807) is 0 Å². The van der Waals surface area contributed by atoms with Gasteiger partial charge in [-0.1, -0.05) is 314 Å². The van der Waals surface area contributed by atoms with Crippen LogP contribution in [-0.2, 0) is 21.7 Å². The van der Waals surface area contributed by atoms with E-state index in [1.165, 1.54) is 240 Å². The third-order valence-corrected chi connectivity index (χ3v) is 25.0. The highest BCUT2D eigenvalue weighted by molar-refractivity contribution is 6.52. The molecule has 19 aromatic rings. The van der Waals surface area contributed by atoms with Crippen molar-refractivity contribution in [1.29, 1.82) is 0 Å². The van der Waals surface area contributed by atoms with Gasteiger partial charge >= 0.3 is 0 Å². The van der Waals surface area contributed by atoms with Crippen LogP contribution in [0.1, 0.15) is 207 Å². The fraction of sp³-hybridized carbons (Fsp3) is 0.269. The van der Waals surface area contributed by atoms with Crippen LogP contribution in [0.15, 0.2) is 194 Å². The van der Waals surface area contributed by atoms with Crippen molar-refractivity contribution in [3.8, 4) is 44.5 Å². The molecule has 104 heavy (non-hydrogen) atoms. The molecule has 0 amide bonds. The van der Waals surface area contributed by atoms with Gasteiger partial charge in [0.05, 0.1) is 0 Å². The van der Waals surface area contributed by atoms with Crippen molar-refractivity contribution in [1.82, 2.24) is 0 Å². The van der Waals surface area contributed by atoms with E-state index < -0.39 is 0 Å². The number of fused-ring (bicyclic) bond motifs is 15. The van der Waals surface area contributed by atoms with Crippen LogP contribution < -0.4 is 0 Å². The maximum absolute atomic E-state index is 2.60. The zero-order valence-electron chi connectivity index (χ0n) is 64.8. The molecular weight excluding hydrogens is 1250 g/mol. The summed E-state index contributed by atoms with van der Waals surface area (Å²) >= 11 is 0. The first-order valence-electron chi connectivity index (χ1n) is 38.8. The second kappa shape index (κ2) is 21.9. The second-order valence-corrected chi connectivity index (χ2v) is 37.0. The Morgan fingerprint density at radius 3 is 0.933 bits per heavy atom. The van der Waals surface area contributed by atoms with Gasteiger partial charge < -0.3 is 0 Å². The number of rotatable bonds is 8. The van der Waals surface area contributed by atoms with Gasteiger partial charge in [0.15, 0.2) is 0 Å². The average molecular weight is 1350 g/mol. The monoisotopic (exact) mass is 1340 g/mol. The molecule has 0 heteroatoms. The molecule has 0 spiro atoms. The fourth-order valence-corrected chi connectivity index (χ4v) is 19.8. The first-order chi connectivity index (χ1) is 49.5.